The van der Waals surface area contributed by atoms with Gasteiger partial charge in [0.15, 0.2) is 0 Å². The predicted octanol–water partition coefficient (Wildman–Crippen LogP) is 2.48. The molecule has 1 aromatic carbocycles. The summed E-state index contributed by atoms with van der Waals surface area (Å²) in [6.45, 7) is 3.31. The van der Waals surface area contributed by atoms with Crippen LogP contribution >= 0.6 is 11.6 Å². The van der Waals surface area contributed by atoms with Crippen LogP contribution in [0.1, 0.15) is 19.8 Å². The summed E-state index contributed by atoms with van der Waals surface area (Å²) in [5.41, 5.74) is 1.01. The maximum atomic E-state index is 12.5. The van der Waals surface area contributed by atoms with Crippen LogP contribution in [0.4, 0.5) is 5.69 Å². The van der Waals surface area contributed by atoms with Gasteiger partial charge in [-0.25, -0.2) is 0 Å². The van der Waals surface area contributed by atoms with Gasteiger partial charge in [-0.2, -0.15) is 9.78 Å². The van der Waals surface area contributed by atoms with Crippen molar-refractivity contribution >= 4 is 17.3 Å². The second-order valence-corrected chi connectivity index (χ2v) is 6.36. The standard InChI is InChI=1S/C17H20ClN3O2/c1-12(22)13-6-5-9-20(11-13)15-10-19-21(17(23)16(15)18)14-7-3-2-4-8-14/h2-4,7-8,10,12-13,22H,5-6,9,11H2,1H3. The Kier molecular flexibility index (Phi) is 4.68. The van der Waals surface area contributed by atoms with E-state index in [-0.39, 0.29) is 22.6 Å². The molecule has 1 saturated heterocycles. The zero-order chi connectivity index (χ0) is 16.4. The number of aliphatic hydroxyl groups is 1. The maximum absolute atomic E-state index is 12.5. The highest BCUT2D eigenvalue weighted by molar-refractivity contribution is 6.33. The molecule has 0 aliphatic carbocycles. The van der Waals surface area contributed by atoms with Gasteiger partial charge in [0.25, 0.3) is 5.56 Å². The van der Waals surface area contributed by atoms with E-state index in [1.54, 1.807) is 13.1 Å². The average Bonchev–Trinajstić information content (AvgIpc) is 2.58. The molecule has 0 spiro atoms. The fourth-order valence-electron chi connectivity index (χ4n) is 3.02. The number of anilines is 1. The Labute approximate surface area is 140 Å². The molecule has 2 atom stereocenters. The molecule has 1 aliphatic rings. The molecular formula is C17H20ClN3O2. The van der Waals surface area contributed by atoms with E-state index in [9.17, 15) is 9.90 Å². The minimum absolute atomic E-state index is 0.176. The molecule has 2 heterocycles. The van der Waals surface area contributed by atoms with E-state index in [1.165, 1.54) is 4.68 Å². The molecule has 0 amide bonds. The van der Waals surface area contributed by atoms with Gasteiger partial charge < -0.3 is 10.0 Å². The molecule has 1 aliphatic heterocycles. The second kappa shape index (κ2) is 6.72. The molecule has 122 valence electrons. The van der Waals surface area contributed by atoms with Crippen LogP contribution in [0, 0.1) is 5.92 Å². The van der Waals surface area contributed by atoms with Crippen molar-refractivity contribution in [1.82, 2.24) is 9.78 Å². The van der Waals surface area contributed by atoms with Crippen LogP contribution in [0.15, 0.2) is 41.3 Å². The van der Waals surface area contributed by atoms with Crippen molar-refractivity contribution in [2.75, 3.05) is 18.0 Å². The molecule has 1 N–H and O–H groups in total. The van der Waals surface area contributed by atoms with Crippen molar-refractivity contribution in [3.63, 3.8) is 0 Å². The van der Waals surface area contributed by atoms with Gasteiger partial charge in [-0.3, -0.25) is 4.79 Å². The Morgan fingerprint density at radius 1 is 1.35 bits per heavy atom. The summed E-state index contributed by atoms with van der Waals surface area (Å²) in [5, 5.41) is 14.3. The first-order chi connectivity index (χ1) is 11.1. The lowest BCUT2D eigenvalue weighted by Crippen LogP contribution is -2.40. The SMILES string of the molecule is CC(O)C1CCCN(c2cnn(-c3ccccc3)c(=O)c2Cl)C1. The van der Waals surface area contributed by atoms with Crippen molar-refractivity contribution in [3.8, 4) is 5.69 Å². The molecule has 0 radical (unpaired) electrons. The van der Waals surface area contributed by atoms with E-state index in [2.05, 4.69) is 5.10 Å². The van der Waals surface area contributed by atoms with Gasteiger partial charge in [-0.15, -0.1) is 0 Å². The van der Waals surface area contributed by atoms with Crippen molar-refractivity contribution < 1.29 is 5.11 Å². The molecule has 0 saturated carbocycles. The van der Waals surface area contributed by atoms with Gasteiger partial charge >= 0.3 is 0 Å². The Balaban J connectivity index is 1.93. The molecule has 0 bridgehead atoms. The van der Waals surface area contributed by atoms with Crippen LogP contribution in [0.25, 0.3) is 5.69 Å². The highest BCUT2D eigenvalue weighted by Gasteiger charge is 2.26. The first-order valence-corrected chi connectivity index (χ1v) is 8.22. The van der Waals surface area contributed by atoms with Crippen molar-refractivity contribution in [1.29, 1.82) is 0 Å². The number of aromatic nitrogens is 2. The molecule has 5 nitrogen and oxygen atoms in total. The van der Waals surface area contributed by atoms with E-state index in [0.717, 1.165) is 19.4 Å². The Morgan fingerprint density at radius 3 is 2.78 bits per heavy atom. The van der Waals surface area contributed by atoms with Gasteiger partial charge in [0.1, 0.15) is 5.02 Å². The average molecular weight is 334 g/mol. The number of halogens is 1. The second-order valence-electron chi connectivity index (χ2n) is 5.99. The van der Waals surface area contributed by atoms with Gasteiger partial charge in [0.2, 0.25) is 0 Å². The summed E-state index contributed by atoms with van der Waals surface area (Å²) in [5.74, 6) is 0.191. The highest BCUT2D eigenvalue weighted by Crippen LogP contribution is 2.28. The van der Waals surface area contributed by atoms with Gasteiger partial charge in [-0.1, -0.05) is 29.8 Å². The number of hydrogen-bond acceptors (Lipinski definition) is 4. The third-order valence-electron chi connectivity index (χ3n) is 4.38. The van der Waals surface area contributed by atoms with Gasteiger partial charge in [0, 0.05) is 19.0 Å². The van der Waals surface area contributed by atoms with Crippen molar-refractivity contribution in [2.45, 2.75) is 25.9 Å². The van der Waals surface area contributed by atoms with Crippen LogP contribution in [0.5, 0.6) is 0 Å². The first kappa shape index (κ1) is 16.0. The Bertz CT molecular complexity index is 730. The van der Waals surface area contributed by atoms with Crippen LogP contribution in [-0.2, 0) is 0 Å². The zero-order valence-electron chi connectivity index (χ0n) is 13.0. The predicted molar refractivity (Wildman–Crippen MR) is 91.5 cm³/mol. The minimum Gasteiger partial charge on any atom is -0.393 e. The van der Waals surface area contributed by atoms with Crippen LogP contribution in [0.3, 0.4) is 0 Å². The normalized spacial score (nSPS) is 19.6. The summed E-state index contributed by atoms with van der Waals surface area (Å²) < 4.78 is 1.31. The largest absolute Gasteiger partial charge is 0.393 e. The quantitative estimate of drug-likeness (QED) is 0.937. The van der Waals surface area contributed by atoms with E-state index >= 15 is 0 Å². The first-order valence-electron chi connectivity index (χ1n) is 7.84. The Morgan fingerprint density at radius 2 is 2.09 bits per heavy atom. The highest BCUT2D eigenvalue weighted by atomic mass is 35.5. The summed E-state index contributed by atoms with van der Waals surface area (Å²) in [6.07, 6.45) is 3.23. The monoisotopic (exact) mass is 333 g/mol. The zero-order valence-corrected chi connectivity index (χ0v) is 13.8. The molecule has 6 heteroatoms. The molecule has 1 aromatic heterocycles. The number of para-hydroxylation sites is 1. The molecule has 1 fully saturated rings. The molecule has 23 heavy (non-hydrogen) atoms. The number of aliphatic hydroxyl groups excluding tert-OH is 1. The van der Waals surface area contributed by atoms with Crippen molar-refractivity contribution in [2.24, 2.45) is 5.92 Å². The smallest absolute Gasteiger partial charge is 0.292 e. The summed E-state index contributed by atoms with van der Waals surface area (Å²) in [4.78, 5) is 14.6. The molecule has 3 rings (SSSR count). The fraction of sp³-hybridized carbons (Fsp3) is 0.412. The van der Waals surface area contributed by atoms with E-state index in [4.69, 9.17) is 11.6 Å². The van der Waals surface area contributed by atoms with Gasteiger partial charge in [-0.05, 0) is 31.9 Å². The number of hydrogen-bond donors (Lipinski definition) is 1. The topological polar surface area (TPSA) is 58.4 Å². The fourth-order valence-corrected chi connectivity index (χ4v) is 3.27. The Hall–Kier alpha value is -1.85. The van der Waals surface area contributed by atoms with E-state index in [0.29, 0.717) is 17.9 Å². The summed E-state index contributed by atoms with van der Waals surface area (Å²) >= 11 is 6.33. The minimum atomic E-state index is -0.366. The number of nitrogens with zero attached hydrogens (tertiary/aromatic N) is 3. The van der Waals surface area contributed by atoms with Crippen LogP contribution in [0.2, 0.25) is 5.02 Å². The van der Waals surface area contributed by atoms with E-state index < -0.39 is 0 Å². The number of rotatable bonds is 3. The van der Waals surface area contributed by atoms with Crippen LogP contribution < -0.4 is 10.5 Å². The number of piperidine rings is 1. The third kappa shape index (κ3) is 3.26. The molecule has 2 unspecified atom stereocenters. The lowest BCUT2D eigenvalue weighted by atomic mass is 9.93. The lowest BCUT2D eigenvalue weighted by Gasteiger charge is -2.35. The summed E-state index contributed by atoms with van der Waals surface area (Å²) in [7, 11) is 0. The molecular weight excluding hydrogens is 314 g/mol. The number of benzene rings is 1. The molecule has 2 aromatic rings. The lowest BCUT2D eigenvalue weighted by molar-refractivity contribution is 0.115. The van der Waals surface area contributed by atoms with Crippen LogP contribution in [-0.4, -0.2) is 34.1 Å². The van der Waals surface area contributed by atoms with Gasteiger partial charge in [0.05, 0.1) is 23.7 Å². The van der Waals surface area contributed by atoms with Crippen molar-refractivity contribution in [3.05, 3.63) is 51.9 Å². The third-order valence-corrected chi connectivity index (χ3v) is 4.74. The van der Waals surface area contributed by atoms with E-state index in [1.807, 2.05) is 35.2 Å². The maximum Gasteiger partial charge on any atom is 0.292 e. The summed E-state index contributed by atoms with van der Waals surface area (Å²) in [6, 6.07) is 9.21.